The lowest BCUT2D eigenvalue weighted by molar-refractivity contribution is -0.113. The van der Waals surface area contributed by atoms with Crippen LogP contribution in [-0.2, 0) is 15.0 Å². The number of carbonyl (C=O) groups is 1. The zero-order valence-corrected chi connectivity index (χ0v) is 14.9. The van der Waals surface area contributed by atoms with E-state index in [1.807, 2.05) is 0 Å². The molecule has 3 heterocycles. The largest absolute Gasteiger partial charge is 0.454 e. The van der Waals surface area contributed by atoms with Crippen LogP contribution < -0.4 is 14.8 Å². The molecule has 27 heavy (non-hydrogen) atoms. The topological polar surface area (TPSA) is 110 Å². The molecule has 2 aliphatic rings. The van der Waals surface area contributed by atoms with Gasteiger partial charge in [-0.15, -0.1) is 4.40 Å². The minimum absolute atomic E-state index is 0.0680. The van der Waals surface area contributed by atoms with Crippen molar-refractivity contribution in [3.05, 3.63) is 60.1 Å². The van der Waals surface area contributed by atoms with Gasteiger partial charge in [0, 0.05) is 18.8 Å². The van der Waals surface area contributed by atoms with E-state index in [1.54, 1.807) is 36.5 Å². The minimum Gasteiger partial charge on any atom is -0.454 e. The summed E-state index contributed by atoms with van der Waals surface area (Å²) in [4.78, 5) is 16.5. The van der Waals surface area contributed by atoms with Crippen LogP contribution in [0.15, 0.2) is 58.9 Å². The average Bonchev–Trinajstić information content (AvgIpc) is 3.12. The van der Waals surface area contributed by atoms with Crippen molar-refractivity contribution in [3.8, 4) is 11.5 Å². The molecule has 0 bridgehead atoms. The zero-order chi connectivity index (χ0) is 19.0. The highest BCUT2D eigenvalue weighted by molar-refractivity contribution is 7.88. The molecule has 0 radical (unpaired) electrons. The van der Waals surface area contributed by atoms with Gasteiger partial charge < -0.3 is 14.8 Å². The number of amides is 1. The summed E-state index contributed by atoms with van der Waals surface area (Å²) < 4.78 is 40.0. The van der Waals surface area contributed by atoms with Gasteiger partial charge in [0.25, 0.3) is 5.91 Å². The Morgan fingerprint density at radius 3 is 2.81 bits per heavy atom. The molecule has 2 aromatic rings. The van der Waals surface area contributed by atoms with Crippen LogP contribution in [0.4, 0.5) is 5.69 Å². The van der Waals surface area contributed by atoms with E-state index in [4.69, 9.17) is 9.47 Å². The lowest BCUT2D eigenvalue weighted by Gasteiger charge is -2.23. The minimum atomic E-state index is -4.05. The first kappa shape index (κ1) is 17.0. The molecule has 10 heteroatoms. The third-order valence-corrected chi connectivity index (χ3v) is 5.31. The number of rotatable bonds is 3. The normalized spacial score (nSPS) is 17.1. The Kier molecular flexibility index (Phi) is 4.04. The van der Waals surface area contributed by atoms with Crippen molar-refractivity contribution in [2.24, 2.45) is 4.40 Å². The van der Waals surface area contributed by atoms with Gasteiger partial charge in [-0.05, 0) is 36.4 Å². The molecule has 2 aliphatic heterocycles. The van der Waals surface area contributed by atoms with Crippen LogP contribution in [0.1, 0.15) is 5.56 Å². The second kappa shape index (κ2) is 6.40. The van der Waals surface area contributed by atoms with Crippen LogP contribution >= 0.6 is 0 Å². The molecule has 1 amide bonds. The van der Waals surface area contributed by atoms with Crippen molar-refractivity contribution < 1.29 is 22.7 Å². The molecule has 0 unspecified atom stereocenters. The number of nitrogens with one attached hydrogen (secondary N) is 1. The fourth-order valence-electron chi connectivity index (χ4n) is 2.59. The number of benzene rings is 1. The Bertz CT molecular complexity index is 1080. The fraction of sp³-hybridized carbons (Fsp3) is 0.118. The molecular weight excluding hydrogens is 372 g/mol. The van der Waals surface area contributed by atoms with Gasteiger partial charge in [-0.1, -0.05) is 0 Å². The molecular formula is C17H14N4O5S. The summed E-state index contributed by atoms with van der Waals surface area (Å²) in [6.45, 7) is 0.0981. The first-order valence-electron chi connectivity index (χ1n) is 7.86. The molecule has 0 aliphatic carbocycles. The number of fused-ring (bicyclic) bond motifs is 1. The molecule has 1 aromatic carbocycles. The molecule has 0 saturated carbocycles. The van der Waals surface area contributed by atoms with E-state index in [9.17, 15) is 13.2 Å². The maximum Gasteiger partial charge on any atom is 0.345 e. The van der Waals surface area contributed by atoms with Gasteiger partial charge in [0.2, 0.25) is 6.79 Å². The van der Waals surface area contributed by atoms with E-state index < -0.39 is 16.1 Å². The SMILES string of the molecule is CN1C(C(=O)Nc2cccnc2)=CC(c2ccc3c(c2)OCO3)=NS1(=O)=O. The molecule has 0 spiro atoms. The number of hydrogen-bond donors (Lipinski definition) is 1. The summed E-state index contributed by atoms with van der Waals surface area (Å²) in [6.07, 6.45) is 4.43. The van der Waals surface area contributed by atoms with Crippen molar-refractivity contribution in [2.45, 2.75) is 0 Å². The zero-order valence-electron chi connectivity index (χ0n) is 14.1. The number of likely N-dealkylation sites (N-methyl/N-ethyl adjacent to an activating group) is 1. The number of ether oxygens (including phenoxy) is 2. The summed E-state index contributed by atoms with van der Waals surface area (Å²) >= 11 is 0. The molecule has 1 aromatic heterocycles. The Morgan fingerprint density at radius 2 is 2.04 bits per heavy atom. The van der Waals surface area contributed by atoms with Crippen LogP contribution in [0, 0.1) is 0 Å². The highest BCUT2D eigenvalue weighted by Crippen LogP contribution is 2.33. The number of carbonyl (C=O) groups excluding carboxylic acids is 1. The average molecular weight is 386 g/mol. The van der Waals surface area contributed by atoms with E-state index >= 15 is 0 Å². The number of allylic oxidation sites excluding steroid dienone is 1. The van der Waals surface area contributed by atoms with E-state index in [1.165, 1.54) is 19.3 Å². The van der Waals surface area contributed by atoms with Crippen molar-refractivity contribution in [1.82, 2.24) is 9.29 Å². The summed E-state index contributed by atoms with van der Waals surface area (Å²) in [5.41, 5.74) is 0.994. The van der Waals surface area contributed by atoms with Crippen LogP contribution in [-0.4, -0.2) is 43.2 Å². The lowest BCUT2D eigenvalue weighted by atomic mass is 10.1. The Balaban J connectivity index is 1.70. The first-order chi connectivity index (χ1) is 12.9. The van der Waals surface area contributed by atoms with E-state index in [0.717, 1.165) is 4.31 Å². The van der Waals surface area contributed by atoms with E-state index in [0.29, 0.717) is 22.7 Å². The molecule has 0 fully saturated rings. The van der Waals surface area contributed by atoms with Crippen LogP contribution in [0.5, 0.6) is 11.5 Å². The molecule has 9 nitrogen and oxygen atoms in total. The van der Waals surface area contributed by atoms with Gasteiger partial charge in [0.05, 0.1) is 17.6 Å². The molecule has 1 N–H and O–H groups in total. The Hall–Kier alpha value is -3.40. The maximum absolute atomic E-state index is 12.6. The number of hydrogen-bond acceptors (Lipinski definition) is 6. The molecule has 0 atom stereocenters. The van der Waals surface area contributed by atoms with Crippen molar-refractivity contribution in [1.29, 1.82) is 0 Å². The quantitative estimate of drug-likeness (QED) is 0.852. The van der Waals surface area contributed by atoms with E-state index in [2.05, 4.69) is 14.7 Å². The predicted molar refractivity (Wildman–Crippen MR) is 96.7 cm³/mol. The van der Waals surface area contributed by atoms with Crippen molar-refractivity contribution in [3.63, 3.8) is 0 Å². The van der Waals surface area contributed by atoms with Crippen LogP contribution in [0.25, 0.3) is 0 Å². The first-order valence-corrected chi connectivity index (χ1v) is 9.26. The fourth-order valence-corrected chi connectivity index (χ4v) is 3.50. The highest BCUT2D eigenvalue weighted by atomic mass is 32.2. The highest BCUT2D eigenvalue weighted by Gasteiger charge is 2.30. The number of anilines is 1. The summed E-state index contributed by atoms with van der Waals surface area (Å²) in [5.74, 6) is 0.456. The van der Waals surface area contributed by atoms with Gasteiger partial charge in [0.1, 0.15) is 5.70 Å². The monoisotopic (exact) mass is 386 g/mol. The molecule has 138 valence electrons. The smallest absolute Gasteiger partial charge is 0.345 e. The maximum atomic E-state index is 12.6. The predicted octanol–water partition coefficient (Wildman–Crippen LogP) is 1.31. The van der Waals surface area contributed by atoms with Crippen molar-refractivity contribution >= 4 is 27.5 Å². The Morgan fingerprint density at radius 1 is 1.22 bits per heavy atom. The second-order valence-electron chi connectivity index (χ2n) is 5.72. The third kappa shape index (κ3) is 3.22. The third-order valence-electron chi connectivity index (χ3n) is 3.99. The number of nitrogens with zero attached hydrogens (tertiary/aromatic N) is 3. The standard InChI is InChI=1S/C17H14N4O5S/c1-21-14(17(22)19-12-3-2-6-18-9-12)8-13(20-27(21,23)24)11-4-5-15-16(7-11)26-10-25-15/h2-9H,10H2,1H3,(H,19,22). The van der Waals surface area contributed by atoms with Gasteiger partial charge in [-0.25, -0.2) is 4.31 Å². The number of aromatic nitrogens is 1. The van der Waals surface area contributed by atoms with Gasteiger partial charge in [-0.2, -0.15) is 8.42 Å². The summed E-state index contributed by atoms with van der Waals surface area (Å²) in [5, 5.41) is 2.62. The Labute approximate surface area is 155 Å². The van der Waals surface area contributed by atoms with Gasteiger partial charge in [0.15, 0.2) is 11.5 Å². The number of pyridine rings is 1. The summed E-state index contributed by atoms with van der Waals surface area (Å²) in [7, 11) is -2.79. The van der Waals surface area contributed by atoms with Crippen LogP contribution in [0.2, 0.25) is 0 Å². The van der Waals surface area contributed by atoms with Gasteiger partial charge in [-0.3, -0.25) is 9.78 Å². The van der Waals surface area contributed by atoms with Gasteiger partial charge >= 0.3 is 10.2 Å². The summed E-state index contributed by atoms with van der Waals surface area (Å²) in [6, 6.07) is 8.24. The van der Waals surface area contributed by atoms with E-state index in [-0.39, 0.29) is 18.2 Å². The lowest BCUT2D eigenvalue weighted by Crippen LogP contribution is -2.35. The molecule has 4 rings (SSSR count). The molecule has 0 saturated heterocycles. The van der Waals surface area contributed by atoms with Crippen molar-refractivity contribution in [2.75, 3.05) is 19.2 Å². The second-order valence-corrected chi connectivity index (χ2v) is 7.34. The van der Waals surface area contributed by atoms with Crippen LogP contribution in [0.3, 0.4) is 0 Å².